The van der Waals surface area contributed by atoms with Crippen molar-refractivity contribution in [2.75, 3.05) is 16.0 Å². The van der Waals surface area contributed by atoms with Crippen LogP contribution in [0.1, 0.15) is 25.3 Å². The molecule has 0 spiro atoms. The van der Waals surface area contributed by atoms with Gasteiger partial charge in [-0.25, -0.2) is 9.97 Å². The lowest BCUT2D eigenvalue weighted by molar-refractivity contribution is 0.269. The van der Waals surface area contributed by atoms with Gasteiger partial charge in [0.2, 0.25) is 0 Å². The Balaban J connectivity index is 1.62. The molecule has 1 fully saturated rings. The second-order valence-electron chi connectivity index (χ2n) is 6.66. The number of hydrogen-bond donors (Lipinski definition) is 2. The number of hydrogen-bond acceptors (Lipinski definition) is 7. The Labute approximate surface area is 152 Å². The van der Waals surface area contributed by atoms with Crippen molar-refractivity contribution in [1.29, 1.82) is 5.26 Å². The van der Waals surface area contributed by atoms with Gasteiger partial charge in [0, 0.05) is 24.1 Å². The third-order valence-electron chi connectivity index (χ3n) is 4.81. The number of para-hydroxylation sites is 1. The third kappa shape index (κ3) is 2.90. The van der Waals surface area contributed by atoms with E-state index in [-0.39, 0.29) is 23.6 Å². The second kappa shape index (κ2) is 6.56. The van der Waals surface area contributed by atoms with Gasteiger partial charge in [0.25, 0.3) is 0 Å². The van der Waals surface area contributed by atoms with Gasteiger partial charge in [-0.2, -0.15) is 5.26 Å². The van der Waals surface area contributed by atoms with E-state index in [1.807, 2.05) is 18.2 Å². The molecule has 2 unspecified atom stereocenters. The smallest absolute Gasteiger partial charge is 0.149 e. The Morgan fingerprint density at radius 1 is 1.23 bits per heavy atom. The van der Waals surface area contributed by atoms with Crippen LogP contribution >= 0.6 is 0 Å². The minimum Gasteiger partial charge on any atom is -0.382 e. The van der Waals surface area contributed by atoms with Crippen LogP contribution in [0, 0.1) is 11.3 Å². The summed E-state index contributed by atoms with van der Waals surface area (Å²) in [6, 6.07) is 13.0. The Morgan fingerprint density at radius 2 is 2.00 bits per heavy atom. The van der Waals surface area contributed by atoms with Crippen LogP contribution in [0.15, 0.2) is 49.1 Å². The topological polar surface area (TPSA) is 94.1 Å². The lowest BCUT2D eigenvalue weighted by Gasteiger charge is -2.37. The largest absolute Gasteiger partial charge is 0.382 e. The number of nitrogens with two attached hydrogens (primary N) is 1. The normalized spacial score (nSPS) is 20.1. The highest BCUT2D eigenvalue weighted by molar-refractivity contribution is 5.63. The Hall–Kier alpha value is -3.27. The summed E-state index contributed by atoms with van der Waals surface area (Å²) in [6.45, 7) is 2.10. The predicted octanol–water partition coefficient (Wildman–Crippen LogP) is 2.51. The van der Waals surface area contributed by atoms with Crippen molar-refractivity contribution in [3.05, 3.63) is 54.6 Å². The van der Waals surface area contributed by atoms with Crippen molar-refractivity contribution < 1.29 is 0 Å². The van der Waals surface area contributed by atoms with Crippen LogP contribution in [0.5, 0.6) is 0 Å². The van der Waals surface area contributed by atoms with Gasteiger partial charge in [-0.15, -0.1) is 0 Å². The zero-order valence-electron chi connectivity index (χ0n) is 14.6. The van der Waals surface area contributed by atoms with E-state index in [1.54, 1.807) is 0 Å². The minimum atomic E-state index is 0.00667. The fourth-order valence-electron chi connectivity index (χ4n) is 3.43. The molecule has 1 aromatic heterocycles. The van der Waals surface area contributed by atoms with Gasteiger partial charge < -0.3 is 20.9 Å². The molecule has 1 saturated carbocycles. The molecule has 7 heteroatoms. The standard InChI is InChI=1S/C19H21N7/c1-13(24-18-16(11-20)17(21)22-12-23-18)19-25(14-5-3-2-4-6-14)9-10-26(19)15-7-8-15/h2-6,9-10,12-13,15,19H,7-8H2,1H3,(H3,21,22,23,24). The summed E-state index contributed by atoms with van der Waals surface area (Å²) >= 11 is 0. The van der Waals surface area contributed by atoms with Crippen molar-refractivity contribution in [2.45, 2.75) is 38.0 Å². The first-order chi connectivity index (χ1) is 12.7. The zero-order chi connectivity index (χ0) is 18.1. The molecular weight excluding hydrogens is 326 g/mol. The van der Waals surface area contributed by atoms with E-state index in [2.05, 4.69) is 62.6 Å². The molecule has 4 rings (SSSR count). The molecule has 1 aliphatic carbocycles. The number of rotatable bonds is 5. The monoisotopic (exact) mass is 347 g/mol. The molecule has 2 aromatic rings. The van der Waals surface area contributed by atoms with Crippen molar-refractivity contribution in [3.63, 3.8) is 0 Å². The molecule has 0 saturated heterocycles. The number of anilines is 3. The zero-order valence-corrected chi connectivity index (χ0v) is 14.6. The van der Waals surface area contributed by atoms with E-state index < -0.39 is 0 Å². The molecule has 3 N–H and O–H groups in total. The molecule has 26 heavy (non-hydrogen) atoms. The molecule has 0 radical (unpaired) electrons. The molecule has 1 aliphatic heterocycles. The van der Waals surface area contributed by atoms with Crippen LogP contribution in [0.4, 0.5) is 17.3 Å². The molecule has 1 aromatic carbocycles. The maximum Gasteiger partial charge on any atom is 0.149 e. The van der Waals surface area contributed by atoms with Crippen LogP contribution in [0.2, 0.25) is 0 Å². The molecule has 0 bridgehead atoms. The number of nitrogens with one attached hydrogen (secondary N) is 1. The number of nitrogen functional groups attached to an aromatic ring is 1. The van der Waals surface area contributed by atoms with Crippen molar-refractivity contribution >= 4 is 17.3 Å². The fourth-order valence-corrected chi connectivity index (χ4v) is 3.43. The SMILES string of the molecule is CC(Nc1ncnc(N)c1C#N)C1N(c2ccccc2)C=CN1C1CC1. The van der Waals surface area contributed by atoms with Gasteiger partial charge in [-0.1, -0.05) is 18.2 Å². The highest BCUT2D eigenvalue weighted by Gasteiger charge is 2.40. The molecule has 2 heterocycles. The number of benzene rings is 1. The maximum atomic E-state index is 9.37. The predicted molar refractivity (Wildman–Crippen MR) is 101 cm³/mol. The minimum absolute atomic E-state index is 0.00667. The highest BCUT2D eigenvalue weighted by atomic mass is 15.4. The van der Waals surface area contributed by atoms with E-state index in [4.69, 9.17) is 5.73 Å². The summed E-state index contributed by atoms with van der Waals surface area (Å²) in [6.07, 6.45) is 8.17. The molecule has 2 aliphatic rings. The average Bonchev–Trinajstić information content (AvgIpc) is 3.40. The van der Waals surface area contributed by atoms with Gasteiger partial charge in [0.15, 0.2) is 0 Å². The first-order valence-corrected chi connectivity index (χ1v) is 8.75. The van der Waals surface area contributed by atoms with Crippen LogP contribution in [-0.4, -0.2) is 33.1 Å². The van der Waals surface area contributed by atoms with Crippen LogP contribution in [0.25, 0.3) is 0 Å². The Kier molecular flexibility index (Phi) is 4.09. The van der Waals surface area contributed by atoms with Crippen LogP contribution in [-0.2, 0) is 0 Å². The van der Waals surface area contributed by atoms with E-state index in [9.17, 15) is 5.26 Å². The third-order valence-corrected chi connectivity index (χ3v) is 4.81. The fraction of sp³-hybridized carbons (Fsp3) is 0.316. The van der Waals surface area contributed by atoms with Crippen molar-refractivity contribution in [3.8, 4) is 6.07 Å². The lowest BCUT2D eigenvalue weighted by Crippen LogP contribution is -2.50. The molecular formula is C19H21N7. The summed E-state index contributed by atoms with van der Waals surface area (Å²) in [4.78, 5) is 12.8. The van der Waals surface area contributed by atoms with E-state index in [0.29, 0.717) is 11.9 Å². The molecule has 7 nitrogen and oxygen atoms in total. The average molecular weight is 347 g/mol. The molecule has 0 amide bonds. The van der Waals surface area contributed by atoms with Crippen molar-refractivity contribution in [2.24, 2.45) is 0 Å². The van der Waals surface area contributed by atoms with Gasteiger partial charge in [-0.3, -0.25) is 0 Å². The molecule has 132 valence electrons. The Bertz CT molecular complexity index is 854. The van der Waals surface area contributed by atoms with E-state index >= 15 is 0 Å². The first-order valence-electron chi connectivity index (χ1n) is 8.75. The summed E-state index contributed by atoms with van der Waals surface area (Å²) in [5.74, 6) is 0.670. The lowest BCUT2D eigenvalue weighted by atomic mass is 10.1. The van der Waals surface area contributed by atoms with Gasteiger partial charge in [-0.05, 0) is 31.9 Å². The first kappa shape index (κ1) is 16.2. The highest BCUT2D eigenvalue weighted by Crippen LogP contribution is 2.36. The summed E-state index contributed by atoms with van der Waals surface area (Å²) in [5.41, 5.74) is 7.24. The number of nitriles is 1. The second-order valence-corrected chi connectivity index (χ2v) is 6.66. The summed E-state index contributed by atoms with van der Waals surface area (Å²) in [7, 11) is 0. The molecule has 2 atom stereocenters. The Morgan fingerprint density at radius 3 is 2.69 bits per heavy atom. The van der Waals surface area contributed by atoms with Gasteiger partial charge in [0.05, 0.1) is 6.04 Å². The van der Waals surface area contributed by atoms with Crippen LogP contribution in [0.3, 0.4) is 0 Å². The number of aromatic nitrogens is 2. The van der Waals surface area contributed by atoms with Crippen LogP contribution < -0.4 is 16.0 Å². The number of nitrogens with zero attached hydrogens (tertiary/aromatic N) is 5. The maximum absolute atomic E-state index is 9.37. The van der Waals surface area contributed by atoms with Gasteiger partial charge >= 0.3 is 0 Å². The van der Waals surface area contributed by atoms with Gasteiger partial charge in [0.1, 0.15) is 35.8 Å². The summed E-state index contributed by atoms with van der Waals surface area (Å²) in [5, 5.41) is 12.8. The van der Waals surface area contributed by atoms with E-state index in [1.165, 1.54) is 19.2 Å². The summed E-state index contributed by atoms with van der Waals surface area (Å²) < 4.78 is 0. The van der Waals surface area contributed by atoms with E-state index in [0.717, 1.165) is 5.69 Å². The quantitative estimate of drug-likeness (QED) is 0.858. The van der Waals surface area contributed by atoms with Crippen molar-refractivity contribution in [1.82, 2.24) is 14.9 Å².